The van der Waals surface area contributed by atoms with Crippen molar-refractivity contribution in [3.8, 4) is 17.6 Å². The molecule has 1 N–H and O–H groups in total. The second-order valence-electron chi connectivity index (χ2n) is 6.11. The van der Waals surface area contributed by atoms with E-state index >= 15 is 0 Å². The topological polar surface area (TPSA) is 71.3 Å². The Morgan fingerprint density at radius 3 is 2.46 bits per heavy atom. The molecule has 136 valence electrons. The van der Waals surface area contributed by atoms with Crippen LogP contribution in [0, 0.1) is 17.2 Å². The van der Waals surface area contributed by atoms with Crippen LogP contribution in [0.25, 0.3) is 0 Å². The number of rotatable bonds is 7. The van der Waals surface area contributed by atoms with Crippen LogP contribution < -0.4 is 14.8 Å². The molecule has 0 aliphatic carbocycles. The third-order valence-corrected chi connectivity index (χ3v) is 4.17. The number of nitrogens with zero attached hydrogens (tertiary/aromatic N) is 1. The highest BCUT2D eigenvalue weighted by atomic mass is 35.5. The minimum absolute atomic E-state index is 0.145. The number of benzene rings is 2. The van der Waals surface area contributed by atoms with E-state index in [9.17, 15) is 4.79 Å². The first kappa shape index (κ1) is 19.6. The highest BCUT2D eigenvalue weighted by Crippen LogP contribution is 2.26. The highest BCUT2D eigenvalue weighted by molar-refractivity contribution is 6.32. The average molecular weight is 373 g/mol. The molecule has 0 aliphatic heterocycles. The van der Waals surface area contributed by atoms with E-state index in [1.54, 1.807) is 19.2 Å². The molecule has 2 rings (SSSR count). The van der Waals surface area contributed by atoms with Crippen LogP contribution in [0.4, 0.5) is 0 Å². The van der Waals surface area contributed by atoms with Crippen LogP contribution in [0.1, 0.15) is 31.0 Å². The maximum Gasteiger partial charge on any atom is 0.258 e. The molecule has 0 fully saturated rings. The number of nitriles is 1. The number of nitrogens with one attached hydrogen (secondary N) is 1. The van der Waals surface area contributed by atoms with E-state index in [0.717, 1.165) is 11.3 Å². The van der Waals surface area contributed by atoms with Crippen molar-refractivity contribution >= 4 is 17.5 Å². The van der Waals surface area contributed by atoms with E-state index in [0.29, 0.717) is 16.3 Å². The number of carbonyl (C=O) groups is 1. The van der Waals surface area contributed by atoms with Crippen LogP contribution in [0.3, 0.4) is 0 Å². The van der Waals surface area contributed by atoms with Gasteiger partial charge >= 0.3 is 0 Å². The maximum absolute atomic E-state index is 12.3. The molecule has 1 atom stereocenters. The number of halogens is 1. The molecule has 1 unspecified atom stereocenters. The van der Waals surface area contributed by atoms with E-state index in [1.165, 1.54) is 6.07 Å². The van der Waals surface area contributed by atoms with Crippen molar-refractivity contribution in [1.29, 1.82) is 5.26 Å². The fraction of sp³-hybridized carbons (Fsp3) is 0.300. The third-order valence-electron chi connectivity index (χ3n) is 3.88. The second kappa shape index (κ2) is 9.12. The molecule has 0 bridgehead atoms. The summed E-state index contributed by atoms with van der Waals surface area (Å²) in [7, 11) is 1.61. The summed E-state index contributed by atoms with van der Waals surface area (Å²) in [5.41, 5.74) is 1.43. The molecular formula is C20H21ClN2O3. The van der Waals surface area contributed by atoms with Crippen LogP contribution in [0.15, 0.2) is 42.5 Å². The van der Waals surface area contributed by atoms with Gasteiger partial charge in [-0.25, -0.2) is 0 Å². The Balaban J connectivity index is 2.00. The van der Waals surface area contributed by atoms with Gasteiger partial charge in [-0.05, 0) is 41.8 Å². The SMILES string of the molecule is COc1ccc(C(NC(=O)COc2ccc(C#N)cc2Cl)C(C)C)cc1. The average Bonchev–Trinajstić information content (AvgIpc) is 2.65. The number of amides is 1. The van der Waals surface area contributed by atoms with Gasteiger partial charge in [-0.15, -0.1) is 0 Å². The molecule has 5 nitrogen and oxygen atoms in total. The smallest absolute Gasteiger partial charge is 0.258 e. The van der Waals surface area contributed by atoms with Gasteiger partial charge in [0.25, 0.3) is 5.91 Å². The lowest BCUT2D eigenvalue weighted by molar-refractivity contribution is -0.124. The zero-order valence-corrected chi connectivity index (χ0v) is 15.7. The molecule has 0 saturated heterocycles. The molecule has 1 amide bonds. The number of carbonyl (C=O) groups excluding carboxylic acids is 1. The molecule has 0 radical (unpaired) electrons. The summed E-state index contributed by atoms with van der Waals surface area (Å²) in [5, 5.41) is 12.1. The summed E-state index contributed by atoms with van der Waals surface area (Å²) in [6.45, 7) is 3.91. The summed E-state index contributed by atoms with van der Waals surface area (Å²) in [6.07, 6.45) is 0. The zero-order chi connectivity index (χ0) is 19.1. The monoisotopic (exact) mass is 372 g/mol. The lowest BCUT2D eigenvalue weighted by Gasteiger charge is -2.23. The quantitative estimate of drug-likeness (QED) is 0.793. The zero-order valence-electron chi connectivity index (χ0n) is 15.0. The number of ether oxygens (including phenoxy) is 2. The Labute approximate surface area is 158 Å². The first-order chi connectivity index (χ1) is 12.4. The second-order valence-corrected chi connectivity index (χ2v) is 6.52. The van der Waals surface area contributed by atoms with Gasteiger partial charge in [-0.1, -0.05) is 37.6 Å². The Morgan fingerprint density at radius 2 is 1.92 bits per heavy atom. The van der Waals surface area contributed by atoms with Crippen molar-refractivity contribution in [3.05, 3.63) is 58.6 Å². The molecule has 6 heteroatoms. The predicted octanol–water partition coefficient (Wildman–Crippen LogP) is 4.11. The Morgan fingerprint density at radius 1 is 1.23 bits per heavy atom. The largest absolute Gasteiger partial charge is 0.497 e. The van der Waals surface area contributed by atoms with Gasteiger partial charge < -0.3 is 14.8 Å². The molecule has 0 heterocycles. The summed E-state index contributed by atoms with van der Waals surface area (Å²) in [6, 6.07) is 14.1. The van der Waals surface area contributed by atoms with Gasteiger partial charge in [0.05, 0.1) is 29.8 Å². The first-order valence-corrected chi connectivity index (χ1v) is 8.58. The van der Waals surface area contributed by atoms with E-state index in [1.807, 2.05) is 44.2 Å². The molecule has 0 aromatic heterocycles. The molecule has 0 aliphatic rings. The van der Waals surface area contributed by atoms with Gasteiger partial charge in [0.2, 0.25) is 0 Å². The first-order valence-electron chi connectivity index (χ1n) is 8.20. The van der Waals surface area contributed by atoms with E-state index in [2.05, 4.69) is 5.32 Å². The van der Waals surface area contributed by atoms with Crippen molar-refractivity contribution < 1.29 is 14.3 Å². The van der Waals surface area contributed by atoms with Gasteiger partial charge in [0.15, 0.2) is 6.61 Å². The Bertz CT molecular complexity index is 798. The van der Waals surface area contributed by atoms with Crippen LogP contribution in [-0.2, 0) is 4.79 Å². The third kappa shape index (κ3) is 5.14. The number of methoxy groups -OCH3 is 1. The van der Waals surface area contributed by atoms with Gasteiger partial charge in [-0.3, -0.25) is 4.79 Å². The van der Waals surface area contributed by atoms with E-state index < -0.39 is 0 Å². The summed E-state index contributed by atoms with van der Waals surface area (Å²) < 4.78 is 10.6. The number of hydrogen-bond donors (Lipinski definition) is 1. The predicted molar refractivity (Wildman–Crippen MR) is 100 cm³/mol. The highest BCUT2D eigenvalue weighted by Gasteiger charge is 2.19. The normalized spacial score (nSPS) is 11.5. The van der Waals surface area contributed by atoms with Gasteiger partial charge in [0, 0.05) is 0 Å². The van der Waals surface area contributed by atoms with Crippen LogP contribution in [-0.4, -0.2) is 19.6 Å². The Kier molecular flexibility index (Phi) is 6.88. The van der Waals surface area contributed by atoms with Crippen LogP contribution in [0.2, 0.25) is 5.02 Å². The van der Waals surface area contributed by atoms with E-state index in [-0.39, 0.29) is 24.5 Å². The fourth-order valence-corrected chi connectivity index (χ4v) is 2.73. The lowest BCUT2D eigenvalue weighted by atomic mass is 9.96. The lowest BCUT2D eigenvalue weighted by Crippen LogP contribution is -2.35. The molecular weight excluding hydrogens is 352 g/mol. The van der Waals surface area contributed by atoms with Gasteiger partial charge in [0.1, 0.15) is 11.5 Å². The molecule has 2 aromatic rings. The molecule has 0 saturated carbocycles. The van der Waals surface area contributed by atoms with Crippen molar-refractivity contribution in [2.75, 3.05) is 13.7 Å². The van der Waals surface area contributed by atoms with E-state index in [4.69, 9.17) is 26.3 Å². The summed E-state index contributed by atoms with van der Waals surface area (Å²) in [5.74, 6) is 1.08. The molecule has 26 heavy (non-hydrogen) atoms. The molecule has 0 spiro atoms. The van der Waals surface area contributed by atoms with Gasteiger partial charge in [-0.2, -0.15) is 5.26 Å². The van der Waals surface area contributed by atoms with Crippen LogP contribution >= 0.6 is 11.6 Å². The van der Waals surface area contributed by atoms with Crippen molar-refractivity contribution in [2.24, 2.45) is 5.92 Å². The summed E-state index contributed by atoms with van der Waals surface area (Å²) >= 11 is 6.05. The summed E-state index contributed by atoms with van der Waals surface area (Å²) in [4.78, 5) is 12.3. The van der Waals surface area contributed by atoms with Crippen LogP contribution in [0.5, 0.6) is 11.5 Å². The number of hydrogen-bond acceptors (Lipinski definition) is 4. The van der Waals surface area contributed by atoms with Crippen molar-refractivity contribution in [3.63, 3.8) is 0 Å². The minimum Gasteiger partial charge on any atom is -0.497 e. The molecule has 2 aromatic carbocycles. The van der Waals surface area contributed by atoms with Crippen molar-refractivity contribution in [1.82, 2.24) is 5.32 Å². The minimum atomic E-state index is -0.250. The Hall–Kier alpha value is -2.71. The standard InChI is InChI=1S/C20H21ClN2O3/c1-13(2)20(15-5-7-16(25-3)8-6-15)23-19(24)12-26-18-9-4-14(11-22)10-17(18)21/h4-10,13,20H,12H2,1-3H3,(H,23,24). The maximum atomic E-state index is 12.3. The van der Waals surface area contributed by atoms with Crippen molar-refractivity contribution in [2.45, 2.75) is 19.9 Å². The fourth-order valence-electron chi connectivity index (χ4n) is 2.49.